The first-order valence-electron chi connectivity index (χ1n) is 8.14. The molecule has 26 heavy (non-hydrogen) atoms. The van der Waals surface area contributed by atoms with Crippen LogP contribution in [0.2, 0.25) is 0 Å². The van der Waals surface area contributed by atoms with E-state index < -0.39 is 28.6 Å². The van der Waals surface area contributed by atoms with Gasteiger partial charge < -0.3 is 19.5 Å². The van der Waals surface area contributed by atoms with E-state index in [9.17, 15) is 14.0 Å². The lowest BCUT2D eigenvalue weighted by Gasteiger charge is -2.39. The van der Waals surface area contributed by atoms with Gasteiger partial charge >= 0.3 is 5.97 Å². The molecule has 2 heterocycles. The Morgan fingerprint density at radius 2 is 2.08 bits per heavy atom. The Morgan fingerprint density at radius 1 is 1.38 bits per heavy atom. The number of hydrogen-bond donors (Lipinski definition) is 1. The number of piperazine rings is 1. The average molecular weight is 363 g/mol. The summed E-state index contributed by atoms with van der Waals surface area (Å²) in [4.78, 5) is 27.3. The number of halogens is 2. The molecule has 6 nitrogen and oxygen atoms in total. The first-order chi connectivity index (χ1) is 12.3. The molecule has 0 spiro atoms. The van der Waals surface area contributed by atoms with Crippen LogP contribution < -0.4 is 10.3 Å². The average Bonchev–Trinajstić information content (AvgIpc) is 2.58. The number of carbonyl (C=O) groups is 1. The summed E-state index contributed by atoms with van der Waals surface area (Å²) in [6, 6.07) is 1.01. The Bertz CT molecular complexity index is 971. The van der Waals surface area contributed by atoms with Gasteiger partial charge in [0.1, 0.15) is 17.1 Å². The topological polar surface area (TPSA) is 65.8 Å². The molecular weight excluding hydrogens is 344 g/mol. The van der Waals surface area contributed by atoms with Crippen molar-refractivity contribution in [3.05, 3.63) is 46.3 Å². The third-order valence-electron chi connectivity index (χ3n) is 4.89. The van der Waals surface area contributed by atoms with E-state index in [1.54, 1.807) is 4.90 Å². The lowest BCUT2D eigenvalue weighted by atomic mass is 10.1. The molecule has 3 rings (SSSR count). The number of fused-ring (bicyclic) bond motifs is 1. The highest BCUT2D eigenvalue weighted by Crippen LogP contribution is 2.31. The standard InChI is InChI=1S/C18H19F2N3O3/c1-4-22-9-12(18(25)26)17(24)11-7-13(19)16(14(20)15(11)22)23-6-5-21(3)10(2)8-23/h4,7,9-10H,1,5-6,8H2,2-3H3,(H,25,26). The molecule has 1 unspecified atom stereocenters. The first-order valence-corrected chi connectivity index (χ1v) is 8.14. The number of anilines is 1. The summed E-state index contributed by atoms with van der Waals surface area (Å²) in [6.45, 7) is 7.00. The van der Waals surface area contributed by atoms with Crippen LogP contribution in [0, 0.1) is 11.6 Å². The summed E-state index contributed by atoms with van der Waals surface area (Å²) in [5.74, 6) is -3.25. The predicted molar refractivity (Wildman–Crippen MR) is 95.8 cm³/mol. The van der Waals surface area contributed by atoms with Gasteiger partial charge in [-0.05, 0) is 20.0 Å². The van der Waals surface area contributed by atoms with Crippen molar-refractivity contribution in [1.82, 2.24) is 9.47 Å². The van der Waals surface area contributed by atoms with Crippen LogP contribution in [0.1, 0.15) is 17.3 Å². The van der Waals surface area contributed by atoms with Crippen molar-refractivity contribution in [2.75, 3.05) is 31.6 Å². The highest BCUT2D eigenvalue weighted by molar-refractivity contribution is 5.94. The maximum Gasteiger partial charge on any atom is 0.341 e. The van der Waals surface area contributed by atoms with Crippen molar-refractivity contribution >= 4 is 28.8 Å². The summed E-state index contributed by atoms with van der Waals surface area (Å²) < 4.78 is 31.1. The van der Waals surface area contributed by atoms with Gasteiger partial charge in [-0.1, -0.05) is 6.58 Å². The molecular formula is C18H19F2N3O3. The van der Waals surface area contributed by atoms with E-state index in [0.717, 1.165) is 16.8 Å². The van der Waals surface area contributed by atoms with Gasteiger partial charge in [0.15, 0.2) is 5.82 Å². The van der Waals surface area contributed by atoms with Gasteiger partial charge in [0.05, 0.1) is 10.9 Å². The molecule has 1 N–H and O–H groups in total. The minimum absolute atomic E-state index is 0.106. The molecule has 1 fully saturated rings. The van der Waals surface area contributed by atoms with Gasteiger partial charge in [0, 0.05) is 38.1 Å². The third-order valence-corrected chi connectivity index (χ3v) is 4.89. The number of likely N-dealkylation sites (N-methyl/N-ethyl adjacent to an activating group) is 1. The van der Waals surface area contributed by atoms with Crippen LogP contribution in [0.15, 0.2) is 23.6 Å². The molecule has 2 aromatic rings. The van der Waals surface area contributed by atoms with E-state index in [2.05, 4.69) is 11.5 Å². The zero-order valence-electron chi connectivity index (χ0n) is 14.5. The number of hydrogen-bond acceptors (Lipinski definition) is 4. The largest absolute Gasteiger partial charge is 0.477 e. The van der Waals surface area contributed by atoms with Gasteiger partial charge in [-0.25, -0.2) is 13.6 Å². The second-order valence-corrected chi connectivity index (χ2v) is 6.46. The van der Waals surface area contributed by atoms with Crippen LogP contribution in [0.4, 0.5) is 14.5 Å². The Labute approximate surface area is 148 Å². The van der Waals surface area contributed by atoms with Crippen molar-refractivity contribution in [2.45, 2.75) is 13.0 Å². The molecule has 1 aromatic heterocycles. The smallest absolute Gasteiger partial charge is 0.341 e. The predicted octanol–water partition coefficient (Wildman–Crippen LogP) is 2.22. The number of nitrogens with zero attached hydrogens (tertiary/aromatic N) is 3. The lowest BCUT2D eigenvalue weighted by molar-refractivity contribution is 0.0695. The number of carboxylic acids is 1. The van der Waals surface area contributed by atoms with Gasteiger partial charge in [-0.15, -0.1) is 0 Å². The molecule has 0 amide bonds. The molecule has 1 aliphatic heterocycles. The second kappa shape index (κ2) is 6.53. The van der Waals surface area contributed by atoms with Crippen molar-refractivity contribution in [3.63, 3.8) is 0 Å². The number of pyridine rings is 1. The highest BCUT2D eigenvalue weighted by Gasteiger charge is 2.28. The van der Waals surface area contributed by atoms with Crippen molar-refractivity contribution in [3.8, 4) is 0 Å². The Hall–Kier alpha value is -2.74. The van der Waals surface area contributed by atoms with Gasteiger partial charge in [-0.3, -0.25) is 4.79 Å². The minimum Gasteiger partial charge on any atom is -0.477 e. The van der Waals surface area contributed by atoms with Crippen molar-refractivity contribution in [1.29, 1.82) is 0 Å². The van der Waals surface area contributed by atoms with Crippen molar-refractivity contribution < 1.29 is 18.7 Å². The monoisotopic (exact) mass is 363 g/mol. The lowest BCUT2D eigenvalue weighted by Crippen LogP contribution is -2.50. The fourth-order valence-electron chi connectivity index (χ4n) is 3.27. The van der Waals surface area contributed by atoms with Crippen LogP contribution in [0.3, 0.4) is 0 Å². The zero-order chi connectivity index (χ0) is 19.2. The third kappa shape index (κ3) is 2.76. The number of benzene rings is 1. The summed E-state index contributed by atoms with van der Waals surface area (Å²) >= 11 is 0. The molecule has 0 aliphatic carbocycles. The number of aromatic nitrogens is 1. The molecule has 8 heteroatoms. The van der Waals surface area contributed by atoms with E-state index >= 15 is 4.39 Å². The van der Waals surface area contributed by atoms with Crippen LogP contribution in [0.25, 0.3) is 17.1 Å². The molecule has 1 aromatic carbocycles. The number of rotatable bonds is 3. The Kier molecular flexibility index (Phi) is 4.53. The van der Waals surface area contributed by atoms with Crippen LogP contribution >= 0.6 is 0 Å². The van der Waals surface area contributed by atoms with E-state index in [-0.39, 0.29) is 22.6 Å². The van der Waals surface area contributed by atoms with E-state index in [0.29, 0.717) is 19.6 Å². The van der Waals surface area contributed by atoms with Crippen LogP contribution in [-0.2, 0) is 0 Å². The summed E-state index contributed by atoms with van der Waals surface area (Å²) in [6.07, 6.45) is 2.18. The maximum atomic E-state index is 15.2. The number of carboxylic acid groups (broad SMARTS) is 1. The fraction of sp³-hybridized carbons (Fsp3) is 0.333. The van der Waals surface area contributed by atoms with Gasteiger partial charge in [0.25, 0.3) is 0 Å². The minimum atomic E-state index is -1.47. The molecule has 1 saturated heterocycles. The molecule has 1 atom stereocenters. The maximum absolute atomic E-state index is 15.2. The highest BCUT2D eigenvalue weighted by atomic mass is 19.1. The van der Waals surface area contributed by atoms with Gasteiger partial charge in [0.2, 0.25) is 5.43 Å². The second-order valence-electron chi connectivity index (χ2n) is 6.46. The quantitative estimate of drug-likeness (QED) is 0.906. The van der Waals surface area contributed by atoms with E-state index in [4.69, 9.17) is 5.11 Å². The van der Waals surface area contributed by atoms with Crippen LogP contribution in [-0.4, -0.2) is 53.3 Å². The Balaban J connectivity index is 2.28. The number of aromatic carboxylic acids is 1. The molecule has 1 aliphatic rings. The fourth-order valence-corrected chi connectivity index (χ4v) is 3.27. The normalized spacial score (nSPS) is 18.3. The van der Waals surface area contributed by atoms with E-state index in [1.165, 1.54) is 6.20 Å². The zero-order valence-corrected chi connectivity index (χ0v) is 14.5. The summed E-state index contributed by atoms with van der Waals surface area (Å²) in [5.41, 5.74) is -1.90. The SMILES string of the molecule is C=Cn1cc(C(=O)O)c(=O)c2cc(F)c(N3CCN(C)C(C)C3)c(F)c21. The van der Waals surface area contributed by atoms with Crippen LogP contribution in [0.5, 0.6) is 0 Å². The van der Waals surface area contributed by atoms with E-state index in [1.807, 2.05) is 14.0 Å². The van der Waals surface area contributed by atoms with Gasteiger partial charge in [-0.2, -0.15) is 0 Å². The molecule has 138 valence electrons. The summed E-state index contributed by atoms with van der Waals surface area (Å²) in [7, 11) is 1.94. The van der Waals surface area contributed by atoms with Crippen molar-refractivity contribution in [2.24, 2.45) is 0 Å². The summed E-state index contributed by atoms with van der Waals surface area (Å²) in [5, 5.41) is 8.82. The Morgan fingerprint density at radius 3 is 2.65 bits per heavy atom. The molecule has 0 bridgehead atoms. The molecule has 0 radical (unpaired) electrons. The molecule has 0 saturated carbocycles. The first kappa shape index (κ1) is 18.1.